The molecular weight excluding hydrogens is 354 g/mol. The van der Waals surface area contributed by atoms with E-state index in [1.807, 2.05) is 30.7 Å². The van der Waals surface area contributed by atoms with Gasteiger partial charge in [-0.2, -0.15) is 5.26 Å². The van der Waals surface area contributed by atoms with Crippen molar-refractivity contribution >= 4 is 24.4 Å². The molecule has 1 fully saturated rings. The summed E-state index contributed by atoms with van der Waals surface area (Å²) in [6.45, 7) is 5.38. The molecule has 1 amide bonds. The van der Waals surface area contributed by atoms with Crippen LogP contribution in [0.2, 0.25) is 0 Å². The van der Waals surface area contributed by atoms with Crippen LogP contribution < -0.4 is 16.5 Å². The number of nitrogens with one attached hydrogen (secondary N) is 1. The number of carbonyl (C=O) groups excluding carboxylic acids is 1. The molecule has 2 atom stereocenters. The van der Waals surface area contributed by atoms with Gasteiger partial charge in [0, 0.05) is 36.6 Å². The quantitative estimate of drug-likeness (QED) is 0.616. The lowest BCUT2D eigenvalue weighted by Crippen LogP contribution is -2.24. The van der Waals surface area contributed by atoms with Gasteiger partial charge in [-0.15, -0.1) is 0 Å². The summed E-state index contributed by atoms with van der Waals surface area (Å²) in [6.07, 6.45) is 3.95. The Morgan fingerprint density at radius 3 is 2.86 bits per heavy atom. The van der Waals surface area contributed by atoms with Gasteiger partial charge in [0.25, 0.3) is 0 Å². The van der Waals surface area contributed by atoms with E-state index in [9.17, 15) is 9.59 Å². The number of benzene rings is 1. The van der Waals surface area contributed by atoms with Gasteiger partial charge in [0.2, 0.25) is 5.91 Å². The minimum Gasteiger partial charge on any atom is -0.398 e. The zero-order chi connectivity index (χ0) is 20.4. The van der Waals surface area contributed by atoms with Crippen LogP contribution in [0.4, 0.5) is 5.69 Å². The van der Waals surface area contributed by atoms with Gasteiger partial charge in [-0.1, -0.05) is 0 Å². The van der Waals surface area contributed by atoms with Crippen molar-refractivity contribution in [1.29, 1.82) is 5.26 Å². The lowest BCUT2D eigenvalue weighted by atomic mass is 10.00. The van der Waals surface area contributed by atoms with Crippen LogP contribution in [0.25, 0.3) is 17.3 Å². The maximum Gasteiger partial charge on any atom is 0.230 e. The summed E-state index contributed by atoms with van der Waals surface area (Å²) in [4.78, 5) is 27.9. The number of nitrogens with two attached hydrogens (primary N) is 1. The average molecular weight is 375 g/mol. The van der Waals surface area contributed by atoms with Gasteiger partial charge >= 0.3 is 0 Å². The zero-order valence-corrected chi connectivity index (χ0v) is 15.8. The number of anilines is 1. The maximum atomic E-state index is 12.2. The second-order valence-electron chi connectivity index (χ2n) is 6.89. The van der Waals surface area contributed by atoms with E-state index in [2.05, 4.69) is 23.1 Å². The Labute approximate surface area is 162 Å². The molecule has 0 radical (unpaired) electrons. The average Bonchev–Trinajstić information content (AvgIpc) is 3.46. The molecule has 1 heterocycles. The molecule has 7 heteroatoms. The monoisotopic (exact) mass is 375 g/mol. The Morgan fingerprint density at radius 1 is 1.46 bits per heavy atom. The normalized spacial score (nSPS) is 18.2. The Morgan fingerprint density at radius 2 is 2.21 bits per heavy atom. The van der Waals surface area contributed by atoms with E-state index in [4.69, 9.17) is 11.0 Å². The van der Waals surface area contributed by atoms with Crippen LogP contribution in [0.5, 0.6) is 0 Å². The highest BCUT2D eigenvalue weighted by molar-refractivity contribution is 5.85. The third-order valence-corrected chi connectivity index (χ3v) is 4.91. The summed E-state index contributed by atoms with van der Waals surface area (Å²) in [6, 6.07) is 8.81. The molecular formula is C21H21N5O2. The number of nitriles is 1. The fourth-order valence-electron chi connectivity index (χ4n) is 3.01. The van der Waals surface area contributed by atoms with E-state index in [1.54, 1.807) is 18.3 Å². The number of aryl methyl sites for hydroxylation is 1. The molecule has 0 unspecified atom stereocenters. The highest BCUT2D eigenvalue weighted by Crippen LogP contribution is 2.38. The van der Waals surface area contributed by atoms with Crippen molar-refractivity contribution in [1.82, 2.24) is 9.88 Å². The van der Waals surface area contributed by atoms with Crippen LogP contribution in [0, 0.1) is 30.1 Å². The highest BCUT2D eigenvalue weighted by atomic mass is 16.2. The number of amides is 1. The molecule has 1 saturated carbocycles. The molecule has 3 rings (SSSR count). The van der Waals surface area contributed by atoms with E-state index in [0.717, 1.165) is 22.4 Å². The standard InChI is InChI=1S/C21H21N5O2/c1-12-13(9-20(24-2)25-21(28)17-7-15(17)11-22)6-14(8-18(12)23)19-10-16(27)4-5-26(19)3/h4-6,8-10,15,17H,2,7,23H2,1,3H3,(H,25,28)/b20-9+/t15-,17+/m1/s1. The SMILES string of the molecule is C=N/C(=C\c1cc(-c2cc(=O)ccn2C)cc(N)c1C)NC(=O)[C@H]1C[C@@H]1C#N. The van der Waals surface area contributed by atoms with Gasteiger partial charge in [-0.25, -0.2) is 4.99 Å². The summed E-state index contributed by atoms with van der Waals surface area (Å²) in [5.74, 6) is -0.481. The van der Waals surface area contributed by atoms with Gasteiger partial charge in [0.05, 0.1) is 23.6 Å². The number of hydrogen-bond acceptors (Lipinski definition) is 5. The summed E-state index contributed by atoms with van der Waals surface area (Å²) in [5.41, 5.74) is 9.70. The molecule has 0 aliphatic heterocycles. The van der Waals surface area contributed by atoms with E-state index >= 15 is 0 Å². The van der Waals surface area contributed by atoms with Gasteiger partial charge in [-0.3, -0.25) is 9.59 Å². The van der Waals surface area contributed by atoms with Crippen LogP contribution in [0.15, 0.2) is 46.1 Å². The van der Waals surface area contributed by atoms with Crippen molar-refractivity contribution in [3.05, 3.63) is 57.6 Å². The summed E-state index contributed by atoms with van der Waals surface area (Å²) in [5, 5.41) is 11.6. The van der Waals surface area contributed by atoms with Crippen LogP contribution >= 0.6 is 0 Å². The largest absolute Gasteiger partial charge is 0.398 e. The molecule has 142 valence electrons. The molecule has 1 aliphatic carbocycles. The molecule has 0 bridgehead atoms. The number of hydrogen-bond donors (Lipinski definition) is 2. The zero-order valence-electron chi connectivity index (χ0n) is 15.8. The molecule has 1 aliphatic rings. The van der Waals surface area contributed by atoms with Crippen molar-refractivity contribution in [3.63, 3.8) is 0 Å². The molecule has 1 aromatic carbocycles. The second-order valence-corrected chi connectivity index (χ2v) is 6.89. The number of rotatable bonds is 5. The summed E-state index contributed by atoms with van der Waals surface area (Å²) < 4.78 is 1.84. The van der Waals surface area contributed by atoms with Crippen molar-refractivity contribution < 1.29 is 4.79 Å². The fraction of sp³-hybridized carbons (Fsp3) is 0.238. The maximum absolute atomic E-state index is 12.2. The number of nitrogens with zero attached hydrogens (tertiary/aromatic N) is 3. The first-order valence-electron chi connectivity index (χ1n) is 8.80. The van der Waals surface area contributed by atoms with Gasteiger partial charge in [0.1, 0.15) is 5.82 Å². The molecule has 1 aromatic heterocycles. The van der Waals surface area contributed by atoms with E-state index < -0.39 is 0 Å². The molecule has 3 N–H and O–H groups in total. The first-order chi connectivity index (χ1) is 13.3. The third-order valence-electron chi connectivity index (χ3n) is 4.91. The lowest BCUT2D eigenvalue weighted by Gasteiger charge is -2.13. The van der Waals surface area contributed by atoms with Crippen molar-refractivity contribution in [2.45, 2.75) is 13.3 Å². The number of pyridine rings is 1. The molecule has 0 spiro atoms. The van der Waals surface area contributed by atoms with Crippen molar-refractivity contribution in [2.24, 2.45) is 23.9 Å². The number of aliphatic imine (C=N–C) groups is 1. The van der Waals surface area contributed by atoms with Crippen LogP contribution in [0.1, 0.15) is 17.5 Å². The van der Waals surface area contributed by atoms with E-state index in [-0.39, 0.29) is 29.0 Å². The third kappa shape index (κ3) is 3.86. The Hall–Kier alpha value is -3.66. The van der Waals surface area contributed by atoms with Gasteiger partial charge < -0.3 is 15.6 Å². The molecule has 2 aromatic rings. The Kier molecular flexibility index (Phi) is 5.14. The first-order valence-corrected chi connectivity index (χ1v) is 8.80. The summed E-state index contributed by atoms with van der Waals surface area (Å²) in [7, 11) is 1.85. The molecule has 28 heavy (non-hydrogen) atoms. The molecule has 0 saturated heterocycles. The van der Waals surface area contributed by atoms with Gasteiger partial charge in [0.15, 0.2) is 5.43 Å². The first kappa shape index (κ1) is 19.1. The Bertz CT molecular complexity index is 1090. The predicted octanol–water partition coefficient (Wildman–Crippen LogP) is 2.22. The second kappa shape index (κ2) is 7.53. The fourth-order valence-corrected chi connectivity index (χ4v) is 3.01. The number of carbonyl (C=O) groups is 1. The predicted molar refractivity (Wildman–Crippen MR) is 109 cm³/mol. The van der Waals surface area contributed by atoms with Crippen molar-refractivity contribution in [3.8, 4) is 17.3 Å². The lowest BCUT2D eigenvalue weighted by molar-refractivity contribution is -0.121. The highest BCUT2D eigenvalue weighted by Gasteiger charge is 2.43. The van der Waals surface area contributed by atoms with Crippen LogP contribution in [-0.4, -0.2) is 17.2 Å². The minimum atomic E-state index is -0.300. The number of aromatic nitrogens is 1. The summed E-state index contributed by atoms with van der Waals surface area (Å²) >= 11 is 0. The molecule has 7 nitrogen and oxygen atoms in total. The Balaban J connectivity index is 1.97. The van der Waals surface area contributed by atoms with E-state index in [0.29, 0.717) is 12.1 Å². The van der Waals surface area contributed by atoms with Crippen LogP contribution in [0.3, 0.4) is 0 Å². The minimum absolute atomic E-state index is 0.0958. The van der Waals surface area contributed by atoms with E-state index in [1.165, 1.54) is 6.07 Å². The van der Waals surface area contributed by atoms with Gasteiger partial charge in [-0.05, 0) is 49.4 Å². The topological polar surface area (TPSA) is 113 Å². The van der Waals surface area contributed by atoms with Crippen LogP contribution in [-0.2, 0) is 11.8 Å². The smallest absolute Gasteiger partial charge is 0.230 e. The van der Waals surface area contributed by atoms with Crippen molar-refractivity contribution in [2.75, 3.05) is 5.73 Å². The number of nitrogen functional groups attached to an aromatic ring is 1.